The van der Waals surface area contributed by atoms with E-state index in [1.54, 1.807) is 0 Å². The fraction of sp³-hybridized carbons (Fsp3) is 0.438. The predicted octanol–water partition coefficient (Wildman–Crippen LogP) is 4.74. The standard InChI is InChI=1S/C16H23N/c1-3-4-5-9-13-17-14-12-15(2)16-10-7-6-8-11-16/h6-8,10-12,14H,3-5,9,13H2,1-2H3. The molecular weight excluding hydrogens is 206 g/mol. The van der Waals surface area contributed by atoms with Crippen molar-refractivity contribution in [3.63, 3.8) is 0 Å². The normalized spacial score (nSPS) is 12.2. The van der Waals surface area contributed by atoms with Crippen LogP contribution in [0.4, 0.5) is 0 Å². The summed E-state index contributed by atoms with van der Waals surface area (Å²) in [6, 6.07) is 10.4. The maximum absolute atomic E-state index is 4.41. The van der Waals surface area contributed by atoms with Crippen molar-refractivity contribution in [1.82, 2.24) is 0 Å². The third-order valence-electron chi connectivity index (χ3n) is 2.80. The molecule has 92 valence electrons. The van der Waals surface area contributed by atoms with E-state index in [2.05, 4.69) is 49.2 Å². The molecule has 0 N–H and O–H groups in total. The molecule has 1 aromatic rings. The van der Waals surface area contributed by atoms with Crippen LogP contribution >= 0.6 is 0 Å². The lowest BCUT2D eigenvalue weighted by Crippen LogP contribution is -1.83. The summed E-state index contributed by atoms with van der Waals surface area (Å²) in [5, 5.41) is 0. The molecule has 0 saturated heterocycles. The first kappa shape index (κ1) is 13.7. The Morgan fingerprint density at radius 3 is 2.59 bits per heavy atom. The molecular formula is C16H23N. The van der Waals surface area contributed by atoms with E-state index in [0.29, 0.717) is 0 Å². The Balaban J connectivity index is 2.30. The van der Waals surface area contributed by atoms with Gasteiger partial charge in [-0.2, -0.15) is 0 Å². The molecule has 1 aromatic carbocycles. The fourth-order valence-electron chi connectivity index (χ4n) is 1.67. The molecule has 0 heterocycles. The van der Waals surface area contributed by atoms with Crippen molar-refractivity contribution in [2.24, 2.45) is 4.99 Å². The number of nitrogens with zero attached hydrogens (tertiary/aromatic N) is 1. The van der Waals surface area contributed by atoms with Crippen molar-refractivity contribution >= 4 is 11.8 Å². The number of hydrogen-bond acceptors (Lipinski definition) is 1. The van der Waals surface area contributed by atoms with E-state index in [-0.39, 0.29) is 0 Å². The molecule has 1 heteroatoms. The first-order valence-corrected chi connectivity index (χ1v) is 6.56. The van der Waals surface area contributed by atoms with E-state index in [9.17, 15) is 0 Å². The SMILES string of the molecule is CCCCCCN=CC=C(C)c1ccccc1. The lowest BCUT2D eigenvalue weighted by molar-refractivity contribution is 0.676. The van der Waals surface area contributed by atoms with Gasteiger partial charge in [0.1, 0.15) is 0 Å². The first-order chi connectivity index (χ1) is 8.34. The Morgan fingerprint density at radius 2 is 1.88 bits per heavy atom. The quantitative estimate of drug-likeness (QED) is 0.473. The summed E-state index contributed by atoms with van der Waals surface area (Å²) >= 11 is 0. The minimum absolute atomic E-state index is 0.957. The number of hydrogen-bond donors (Lipinski definition) is 0. The van der Waals surface area contributed by atoms with Crippen molar-refractivity contribution in [3.8, 4) is 0 Å². The number of rotatable bonds is 7. The number of unbranched alkanes of at least 4 members (excludes halogenated alkanes) is 3. The minimum atomic E-state index is 0.957. The van der Waals surface area contributed by atoms with Crippen LogP contribution in [0.15, 0.2) is 41.4 Å². The van der Waals surface area contributed by atoms with Gasteiger partial charge >= 0.3 is 0 Å². The van der Waals surface area contributed by atoms with Crippen molar-refractivity contribution in [3.05, 3.63) is 42.0 Å². The van der Waals surface area contributed by atoms with E-state index in [1.165, 1.54) is 36.8 Å². The van der Waals surface area contributed by atoms with E-state index >= 15 is 0 Å². The van der Waals surface area contributed by atoms with Gasteiger partial charge in [0.25, 0.3) is 0 Å². The van der Waals surface area contributed by atoms with Gasteiger partial charge < -0.3 is 0 Å². The second kappa shape index (κ2) is 8.74. The van der Waals surface area contributed by atoms with Crippen LogP contribution in [-0.4, -0.2) is 12.8 Å². The Bertz CT molecular complexity index is 349. The molecule has 0 aliphatic carbocycles. The fourth-order valence-corrected chi connectivity index (χ4v) is 1.67. The highest BCUT2D eigenvalue weighted by Gasteiger charge is 1.91. The van der Waals surface area contributed by atoms with Gasteiger partial charge in [-0.3, -0.25) is 4.99 Å². The molecule has 0 atom stereocenters. The van der Waals surface area contributed by atoms with Gasteiger partial charge in [0.05, 0.1) is 0 Å². The molecule has 0 radical (unpaired) electrons. The molecule has 1 nitrogen and oxygen atoms in total. The largest absolute Gasteiger partial charge is 0.293 e. The minimum Gasteiger partial charge on any atom is -0.293 e. The van der Waals surface area contributed by atoms with Gasteiger partial charge in [-0.05, 0) is 30.6 Å². The number of benzene rings is 1. The monoisotopic (exact) mass is 229 g/mol. The van der Waals surface area contributed by atoms with Gasteiger partial charge in [0, 0.05) is 12.8 Å². The average Bonchev–Trinajstić information content (AvgIpc) is 2.38. The lowest BCUT2D eigenvalue weighted by Gasteiger charge is -1.98. The van der Waals surface area contributed by atoms with Crippen LogP contribution in [-0.2, 0) is 0 Å². The second-order valence-electron chi connectivity index (χ2n) is 4.33. The molecule has 17 heavy (non-hydrogen) atoms. The smallest absolute Gasteiger partial charge is 0.0389 e. The highest BCUT2D eigenvalue weighted by Crippen LogP contribution is 2.11. The van der Waals surface area contributed by atoms with E-state index in [4.69, 9.17) is 0 Å². The zero-order chi connectivity index (χ0) is 12.3. The van der Waals surface area contributed by atoms with Crippen LogP contribution in [0.5, 0.6) is 0 Å². The molecule has 1 rings (SSSR count). The van der Waals surface area contributed by atoms with Crippen molar-refractivity contribution in [1.29, 1.82) is 0 Å². The molecule has 0 amide bonds. The Morgan fingerprint density at radius 1 is 1.12 bits per heavy atom. The van der Waals surface area contributed by atoms with Crippen molar-refractivity contribution in [2.75, 3.05) is 6.54 Å². The maximum atomic E-state index is 4.41. The van der Waals surface area contributed by atoms with Crippen LogP contribution in [0.1, 0.15) is 45.1 Å². The zero-order valence-corrected chi connectivity index (χ0v) is 11.0. The van der Waals surface area contributed by atoms with Crippen LogP contribution < -0.4 is 0 Å². The van der Waals surface area contributed by atoms with Gasteiger partial charge in [-0.25, -0.2) is 0 Å². The van der Waals surface area contributed by atoms with Crippen LogP contribution in [0.2, 0.25) is 0 Å². The van der Waals surface area contributed by atoms with Gasteiger partial charge in [0.15, 0.2) is 0 Å². The van der Waals surface area contributed by atoms with Gasteiger partial charge in [-0.15, -0.1) is 0 Å². The summed E-state index contributed by atoms with van der Waals surface area (Å²) in [6.45, 7) is 5.31. The highest BCUT2D eigenvalue weighted by atomic mass is 14.7. The van der Waals surface area contributed by atoms with E-state index < -0.39 is 0 Å². The highest BCUT2D eigenvalue weighted by molar-refractivity contribution is 5.83. The Labute approximate surface area is 105 Å². The van der Waals surface area contributed by atoms with E-state index in [1.807, 2.05) is 12.3 Å². The first-order valence-electron chi connectivity index (χ1n) is 6.56. The summed E-state index contributed by atoms with van der Waals surface area (Å²) in [5.74, 6) is 0. The summed E-state index contributed by atoms with van der Waals surface area (Å²) in [5.41, 5.74) is 2.54. The Kier molecular flexibility index (Phi) is 7.04. The molecule has 0 aromatic heterocycles. The van der Waals surface area contributed by atoms with E-state index in [0.717, 1.165) is 6.54 Å². The van der Waals surface area contributed by atoms with Crippen LogP contribution in [0, 0.1) is 0 Å². The molecule has 0 spiro atoms. The maximum Gasteiger partial charge on any atom is 0.0389 e. The molecule has 0 fully saturated rings. The van der Waals surface area contributed by atoms with Crippen molar-refractivity contribution in [2.45, 2.75) is 39.5 Å². The molecule has 0 bridgehead atoms. The Hall–Kier alpha value is -1.37. The topological polar surface area (TPSA) is 12.4 Å². The lowest BCUT2D eigenvalue weighted by atomic mass is 10.1. The summed E-state index contributed by atoms with van der Waals surface area (Å²) < 4.78 is 0. The van der Waals surface area contributed by atoms with Gasteiger partial charge in [0.2, 0.25) is 0 Å². The number of allylic oxidation sites excluding steroid dienone is 2. The summed E-state index contributed by atoms with van der Waals surface area (Å²) in [4.78, 5) is 4.41. The van der Waals surface area contributed by atoms with Gasteiger partial charge in [-0.1, -0.05) is 56.5 Å². The number of aliphatic imine (C=N–C) groups is 1. The van der Waals surface area contributed by atoms with Crippen molar-refractivity contribution < 1.29 is 0 Å². The predicted molar refractivity (Wildman–Crippen MR) is 77.6 cm³/mol. The molecule has 0 unspecified atom stereocenters. The third-order valence-corrected chi connectivity index (χ3v) is 2.80. The second-order valence-corrected chi connectivity index (χ2v) is 4.33. The molecule has 0 aliphatic rings. The molecule has 0 saturated carbocycles. The average molecular weight is 229 g/mol. The third kappa shape index (κ3) is 6.06. The van der Waals surface area contributed by atoms with Crippen LogP contribution in [0.3, 0.4) is 0 Å². The molecule has 0 aliphatic heterocycles. The zero-order valence-electron chi connectivity index (χ0n) is 11.0. The summed E-state index contributed by atoms with van der Waals surface area (Å²) in [7, 11) is 0. The van der Waals surface area contributed by atoms with Crippen LogP contribution in [0.25, 0.3) is 5.57 Å². The summed E-state index contributed by atoms with van der Waals surface area (Å²) in [6.07, 6.45) is 9.16.